The topological polar surface area (TPSA) is 18.5 Å². The van der Waals surface area contributed by atoms with E-state index in [1.165, 1.54) is 5.56 Å². The highest BCUT2D eigenvalue weighted by Crippen LogP contribution is 2.11. The number of thiol groups is 1. The molecule has 1 aliphatic heterocycles. The molecule has 0 saturated carbocycles. The van der Waals surface area contributed by atoms with Crippen molar-refractivity contribution in [1.82, 2.24) is 15.3 Å². The Kier molecular flexibility index (Phi) is 4.79. The average Bonchev–Trinajstić information content (AvgIpc) is 2.38. The van der Waals surface area contributed by atoms with Crippen molar-refractivity contribution < 1.29 is 0 Å². The summed E-state index contributed by atoms with van der Waals surface area (Å²) in [6, 6.07) is 10.3. The van der Waals surface area contributed by atoms with Gasteiger partial charge < -0.3 is 5.32 Å². The van der Waals surface area contributed by atoms with Crippen LogP contribution >= 0.6 is 24.8 Å². The molecular weight excluding hydrogens is 250 g/mol. The van der Waals surface area contributed by atoms with Crippen LogP contribution in [0.25, 0.3) is 0 Å². The summed E-state index contributed by atoms with van der Waals surface area (Å²) in [7, 11) is 0. The van der Waals surface area contributed by atoms with Crippen LogP contribution in [-0.2, 0) is 6.54 Å². The van der Waals surface area contributed by atoms with Gasteiger partial charge in [0.05, 0.1) is 6.54 Å². The van der Waals surface area contributed by atoms with Gasteiger partial charge in [-0.05, 0) is 5.56 Å². The molecule has 0 atom stereocenters. The summed E-state index contributed by atoms with van der Waals surface area (Å²) in [6.45, 7) is 4.76. The van der Waals surface area contributed by atoms with Crippen molar-refractivity contribution >= 4 is 29.2 Å². The highest BCUT2D eigenvalue weighted by molar-refractivity contribution is 8.10. The van der Waals surface area contributed by atoms with Gasteiger partial charge in [-0.15, -0.1) is 12.6 Å². The Balaban J connectivity index is 2.04. The Morgan fingerprint density at radius 3 is 2.53 bits per heavy atom. The van der Waals surface area contributed by atoms with Gasteiger partial charge in [-0.2, -0.15) is 0 Å². The first kappa shape index (κ1) is 12.8. The summed E-state index contributed by atoms with van der Waals surface area (Å²) in [5, 5.41) is 7.68. The van der Waals surface area contributed by atoms with Gasteiger partial charge in [0.2, 0.25) is 0 Å². The van der Waals surface area contributed by atoms with Crippen LogP contribution in [0.2, 0.25) is 0 Å². The first-order valence-corrected chi connectivity index (χ1v) is 6.63. The maximum atomic E-state index is 5.22. The van der Waals surface area contributed by atoms with Crippen LogP contribution < -0.4 is 5.32 Å². The van der Waals surface area contributed by atoms with Crippen LogP contribution in [0.1, 0.15) is 5.56 Å². The molecule has 0 bridgehead atoms. The van der Waals surface area contributed by atoms with Crippen molar-refractivity contribution in [3.63, 3.8) is 0 Å². The molecule has 92 valence electrons. The number of hydrogen-bond acceptors (Lipinski definition) is 3. The first-order chi connectivity index (χ1) is 8.27. The second kappa shape index (κ2) is 6.35. The van der Waals surface area contributed by atoms with Crippen LogP contribution in [-0.4, -0.2) is 40.5 Å². The van der Waals surface area contributed by atoms with Crippen molar-refractivity contribution in [2.24, 2.45) is 0 Å². The first-order valence-electron chi connectivity index (χ1n) is 5.77. The van der Waals surface area contributed by atoms with Crippen LogP contribution in [0.15, 0.2) is 30.3 Å². The summed E-state index contributed by atoms with van der Waals surface area (Å²) in [5.41, 5.74) is 1.25. The number of thiocarbonyl (C=S) groups is 1. The third kappa shape index (κ3) is 3.67. The highest BCUT2D eigenvalue weighted by atomic mass is 32.1. The maximum Gasteiger partial charge on any atom is 0.148 e. The quantitative estimate of drug-likeness (QED) is 0.639. The molecule has 1 fully saturated rings. The molecule has 0 aliphatic carbocycles. The lowest BCUT2D eigenvalue weighted by Crippen LogP contribution is -2.52. The van der Waals surface area contributed by atoms with E-state index in [0.29, 0.717) is 4.32 Å². The second-order valence-electron chi connectivity index (χ2n) is 4.03. The molecule has 0 spiro atoms. The molecule has 0 unspecified atom stereocenters. The Morgan fingerprint density at radius 2 is 1.94 bits per heavy atom. The van der Waals surface area contributed by atoms with Crippen LogP contribution in [0, 0.1) is 0 Å². The van der Waals surface area contributed by atoms with E-state index < -0.39 is 0 Å². The molecule has 1 N–H and O–H groups in total. The lowest BCUT2D eigenvalue weighted by Gasteiger charge is -2.38. The third-order valence-corrected chi connectivity index (χ3v) is 3.27. The fraction of sp³-hybridized carbons (Fsp3) is 0.417. The number of nitrogens with zero attached hydrogens (tertiary/aromatic N) is 2. The van der Waals surface area contributed by atoms with E-state index in [1.807, 2.05) is 18.2 Å². The second-order valence-corrected chi connectivity index (χ2v) is 5.14. The molecule has 1 saturated heterocycles. The molecule has 1 aromatic rings. The Bertz CT molecular complexity index is 363. The Labute approximate surface area is 113 Å². The van der Waals surface area contributed by atoms with Crippen molar-refractivity contribution in [1.29, 1.82) is 0 Å². The number of nitrogens with one attached hydrogen (secondary N) is 1. The minimum atomic E-state index is 0.635. The molecule has 0 amide bonds. The highest BCUT2D eigenvalue weighted by Gasteiger charge is 2.18. The van der Waals surface area contributed by atoms with E-state index in [9.17, 15) is 0 Å². The zero-order chi connectivity index (χ0) is 12.1. The molecule has 5 heteroatoms. The molecule has 1 aliphatic rings. The van der Waals surface area contributed by atoms with Gasteiger partial charge in [0.1, 0.15) is 4.32 Å². The van der Waals surface area contributed by atoms with Crippen LogP contribution in [0.4, 0.5) is 0 Å². The molecule has 3 nitrogen and oxygen atoms in total. The van der Waals surface area contributed by atoms with Gasteiger partial charge in [-0.1, -0.05) is 42.5 Å². The van der Waals surface area contributed by atoms with Crippen LogP contribution in [0.5, 0.6) is 0 Å². The zero-order valence-electron chi connectivity index (χ0n) is 9.67. The maximum absolute atomic E-state index is 5.22. The third-order valence-electron chi connectivity index (χ3n) is 2.83. The molecule has 1 aromatic carbocycles. The van der Waals surface area contributed by atoms with E-state index in [-0.39, 0.29) is 0 Å². The summed E-state index contributed by atoms with van der Waals surface area (Å²) in [4.78, 5) is 0. The van der Waals surface area contributed by atoms with Crippen molar-refractivity contribution in [3.05, 3.63) is 35.9 Å². The van der Waals surface area contributed by atoms with E-state index in [4.69, 9.17) is 12.2 Å². The molecule has 0 aromatic heterocycles. The van der Waals surface area contributed by atoms with E-state index in [2.05, 4.69) is 40.1 Å². The number of hydrogen-bond donors (Lipinski definition) is 2. The average molecular weight is 267 g/mol. The molecule has 17 heavy (non-hydrogen) atoms. The van der Waals surface area contributed by atoms with Gasteiger partial charge >= 0.3 is 0 Å². The lowest BCUT2D eigenvalue weighted by atomic mass is 10.2. The summed E-state index contributed by atoms with van der Waals surface area (Å²) >= 11 is 9.55. The van der Waals surface area contributed by atoms with Gasteiger partial charge in [-0.3, -0.25) is 5.01 Å². The fourth-order valence-electron chi connectivity index (χ4n) is 1.94. The Hall–Kier alpha value is -0.620. The number of piperazine rings is 1. The summed E-state index contributed by atoms with van der Waals surface area (Å²) < 4.78 is 0.635. The van der Waals surface area contributed by atoms with E-state index >= 15 is 0 Å². The van der Waals surface area contributed by atoms with Gasteiger partial charge in [0.25, 0.3) is 0 Å². The SMILES string of the molecule is S=C(S)N(Cc1ccccc1)N1CCNCC1. The van der Waals surface area contributed by atoms with Gasteiger partial charge in [-0.25, -0.2) is 5.01 Å². The lowest BCUT2D eigenvalue weighted by molar-refractivity contribution is 0.0312. The minimum Gasteiger partial charge on any atom is -0.314 e. The van der Waals surface area contributed by atoms with Crippen molar-refractivity contribution in [3.8, 4) is 0 Å². The number of hydrazine groups is 1. The Morgan fingerprint density at radius 1 is 1.29 bits per heavy atom. The van der Waals surface area contributed by atoms with Gasteiger partial charge in [0, 0.05) is 26.2 Å². The molecule has 2 rings (SSSR count). The molecule has 1 heterocycles. The monoisotopic (exact) mass is 267 g/mol. The van der Waals surface area contributed by atoms with E-state index in [1.54, 1.807) is 0 Å². The molecular formula is C12H17N3S2. The number of benzene rings is 1. The summed E-state index contributed by atoms with van der Waals surface area (Å²) in [6.07, 6.45) is 0. The fourth-order valence-corrected chi connectivity index (χ4v) is 2.32. The number of rotatable bonds is 3. The standard InChI is InChI=1S/C12H17N3S2/c16-12(17)15(14-8-6-13-7-9-14)10-11-4-2-1-3-5-11/h1-5,13H,6-10H2,(H,16,17). The zero-order valence-corrected chi connectivity index (χ0v) is 11.4. The van der Waals surface area contributed by atoms with E-state index in [0.717, 1.165) is 32.7 Å². The predicted octanol–water partition coefficient (Wildman–Crippen LogP) is 1.52. The molecule has 0 radical (unpaired) electrons. The summed E-state index contributed by atoms with van der Waals surface area (Å²) in [5.74, 6) is 0. The van der Waals surface area contributed by atoms with Crippen molar-refractivity contribution in [2.75, 3.05) is 26.2 Å². The largest absolute Gasteiger partial charge is 0.314 e. The van der Waals surface area contributed by atoms with Crippen molar-refractivity contribution in [2.45, 2.75) is 6.54 Å². The normalized spacial score (nSPS) is 16.8. The smallest absolute Gasteiger partial charge is 0.148 e. The predicted molar refractivity (Wildman–Crippen MR) is 78.0 cm³/mol. The van der Waals surface area contributed by atoms with Gasteiger partial charge in [0.15, 0.2) is 0 Å². The van der Waals surface area contributed by atoms with Crippen LogP contribution in [0.3, 0.4) is 0 Å². The minimum absolute atomic E-state index is 0.635.